The van der Waals surface area contributed by atoms with Crippen LogP contribution in [0.25, 0.3) is 0 Å². The molecule has 100 valence electrons. The largest absolute Gasteiger partial charge is 0.494 e. The summed E-state index contributed by atoms with van der Waals surface area (Å²) >= 11 is 0. The normalized spacial score (nSPS) is 10.1. The van der Waals surface area contributed by atoms with Crippen LogP contribution in [-0.4, -0.2) is 24.1 Å². The van der Waals surface area contributed by atoms with Gasteiger partial charge in [-0.15, -0.1) is 0 Å². The Morgan fingerprint density at radius 1 is 1.21 bits per heavy atom. The van der Waals surface area contributed by atoms with Gasteiger partial charge in [0.2, 0.25) is 5.95 Å². The number of anilines is 3. The van der Waals surface area contributed by atoms with E-state index in [1.807, 2.05) is 0 Å². The van der Waals surface area contributed by atoms with Crippen molar-refractivity contribution in [2.45, 2.75) is 0 Å². The summed E-state index contributed by atoms with van der Waals surface area (Å²) in [5.41, 5.74) is 0.359. The quantitative estimate of drug-likeness (QED) is 0.890. The van der Waals surface area contributed by atoms with Crippen molar-refractivity contribution in [3.63, 3.8) is 0 Å². The molecule has 1 aromatic carbocycles. The molecule has 1 heterocycles. The second-order valence-electron chi connectivity index (χ2n) is 3.61. The van der Waals surface area contributed by atoms with Crippen molar-refractivity contribution in [2.75, 3.05) is 24.8 Å². The van der Waals surface area contributed by atoms with Crippen LogP contribution in [0.5, 0.6) is 5.75 Å². The zero-order valence-electron chi connectivity index (χ0n) is 10.4. The summed E-state index contributed by atoms with van der Waals surface area (Å²) in [6.45, 7) is 0. The fraction of sp³-hybridized carbons (Fsp3) is 0.167. The number of benzene rings is 1. The minimum absolute atomic E-state index is 0.0380. The van der Waals surface area contributed by atoms with Crippen LogP contribution in [-0.2, 0) is 0 Å². The molecule has 0 aliphatic heterocycles. The predicted octanol–water partition coefficient (Wildman–Crippen LogP) is 2.55. The van der Waals surface area contributed by atoms with Crippen molar-refractivity contribution in [3.05, 3.63) is 36.0 Å². The van der Waals surface area contributed by atoms with Gasteiger partial charge in [-0.2, -0.15) is 4.98 Å². The summed E-state index contributed by atoms with van der Waals surface area (Å²) in [6.07, 6.45) is 1.03. The second-order valence-corrected chi connectivity index (χ2v) is 3.61. The molecule has 0 saturated heterocycles. The van der Waals surface area contributed by atoms with Gasteiger partial charge >= 0.3 is 0 Å². The van der Waals surface area contributed by atoms with Crippen LogP contribution in [0.1, 0.15) is 0 Å². The SMILES string of the molecule is CNc1ncc(F)c(Nc2ccc(OC)c(F)c2)n1. The first-order chi connectivity index (χ1) is 9.13. The van der Waals surface area contributed by atoms with E-state index in [0.717, 1.165) is 6.20 Å². The molecule has 2 rings (SSSR count). The van der Waals surface area contributed by atoms with E-state index in [-0.39, 0.29) is 17.5 Å². The molecule has 2 aromatic rings. The Kier molecular flexibility index (Phi) is 3.74. The summed E-state index contributed by atoms with van der Waals surface area (Å²) in [6, 6.07) is 4.19. The van der Waals surface area contributed by atoms with Crippen molar-refractivity contribution < 1.29 is 13.5 Å². The van der Waals surface area contributed by atoms with E-state index >= 15 is 0 Å². The Morgan fingerprint density at radius 2 is 2.00 bits per heavy atom. The third-order valence-corrected chi connectivity index (χ3v) is 2.38. The molecule has 7 heteroatoms. The van der Waals surface area contributed by atoms with Crippen LogP contribution in [0.15, 0.2) is 24.4 Å². The molecule has 0 aliphatic carbocycles. The first kappa shape index (κ1) is 13.0. The fourth-order valence-electron chi connectivity index (χ4n) is 1.46. The van der Waals surface area contributed by atoms with Gasteiger partial charge in [-0.05, 0) is 12.1 Å². The van der Waals surface area contributed by atoms with Crippen molar-refractivity contribution in [1.29, 1.82) is 0 Å². The number of nitrogens with one attached hydrogen (secondary N) is 2. The van der Waals surface area contributed by atoms with Gasteiger partial charge in [-0.25, -0.2) is 13.8 Å². The molecule has 19 heavy (non-hydrogen) atoms. The zero-order valence-corrected chi connectivity index (χ0v) is 10.4. The van der Waals surface area contributed by atoms with Crippen LogP contribution < -0.4 is 15.4 Å². The van der Waals surface area contributed by atoms with Crippen LogP contribution in [0.4, 0.5) is 26.2 Å². The van der Waals surface area contributed by atoms with Gasteiger partial charge in [0.05, 0.1) is 13.3 Å². The third-order valence-electron chi connectivity index (χ3n) is 2.38. The Bertz CT molecular complexity index is 592. The van der Waals surface area contributed by atoms with Crippen LogP contribution in [0, 0.1) is 11.6 Å². The Balaban J connectivity index is 2.28. The number of hydrogen-bond acceptors (Lipinski definition) is 5. The van der Waals surface area contributed by atoms with E-state index in [1.165, 1.54) is 19.2 Å². The minimum Gasteiger partial charge on any atom is -0.494 e. The lowest BCUT2D eigenvalue weighted by molar-refractivity contribution is 0.386. The lowest BCUT2D eigenvalue weighted by Gasteiger charge is -2.09. The molecule has 0 spiro atoms. The molecule has 5 nitrogen and oxygen atoms in total. The first-order valence-electron chi connectivity index (χ1n) is 5.45. The lowest BCUT2D eigenvalue weighted by atomic mass is 10.3. The number of aromatic nitrogens is 2. The van der Waals surface area contributed by atoms with Crippen LogP contribution in [0.2, 0.25) is 0 Å². The number of hydrogen-bond donors (Lipinski definition) is 2. The van der Waals surface area contributed by atoms with Gasteiger partial charge in [-0.3, -0.25) is 0 Å². The molecule has 0 saturated carbocycles. The Labute approximate surface area is 108 Å². The van der Waals surface area contributed by atoms with Gasteiger partial charge in [0.1, 0.15) is 0 Å². The predicted molar refractivity (Wildman–Crippen MR) is 67.8 cm³/mol. The van der Waals surface area contributed by atoms with Gasteiger partial charge in [0, 0.05) is 18.8 Å². The average Bonchev–Trinajstić information content (AvgIpc) is 2.41. The average molecular weight is 266 g/mol. The van der Waals surface area contributed by atoms with Gasteiger partial charge in [0.25, 0.3) is 0 Å². The highest BCUT2D eigenvalue weighted by atomic mass is 19.1. The van der Waals surface area contributed by atoms with Gasteiger partial charge in [0.15, 0.2) is 23.2 Å². The molecule has 0 radical (unpaired) electrons. The van der Waals surface area contributed by atoms with Gasteiger partial charge in [-0.1, -0.05) is 0 Å². The highest BCUT2D eigenvalue weighted by molar-refractivity contribution is 5.58. The number of nitrogens with zero attached hydrogens (tertiary/aromatic N) is 2. The maximum Gasteiger partial charge on any atom is 0.224 e. The van der Waals surface area contributed by atoms with E-state index in [9.17, 15) is 8.78 Å². The second kappa shape index (κ2) is 5.47. The standard InChI is InChI=1S/C12H12F2N4O/c1-15-12-16-6-9(14)11(18-12)17-7-3-4-10(19-2)8(13)5-7/h3-6H,1-2H3,(H2,15,16,17,18). The van der Waals surface area contributed by atoms with Crippen LogP contribution in [0.3, 0.4) is 0 Å². The van der Waals surface area contributed by atoms with E-state index in [2.05, 4.69) is 20.6 Å². The third kappa shape index (κ3) is 2.87. The van der Waals surface area contributed by atoms with E-state index in [1.54, 1.807) is 13.1 Å². The molecule has 0 bridgehead atoms. The molecular formula is C12H12F2N4O. The van der Waals surface area contributed by atoms with Crippen LogP contribution >= 0.6 is 0 Å². The number of rotatable bonds is 4. The number of ether oxygens (including phenoxy) is 1. The molecule has 0 fully saturated rings. The zero-order chi connectivity index (χ0) is 13.8. The topological polar surface area (TPSA) is 59.1 Å². The van der Waals surface area contributed by atoms with Crippen molar-refractivity contribution in [1.82, 2.24) is 9.97 Å². The molecule has 0 atom stereocenters. The number of methoxy groups -OCH3 is 1. The van der Waals surface area contributed by atoms with E-state index in [4.69, 9.17) is 4.74 Å². The lowest BCUT2D eigenvalue weighted by Crippen LogP contribution is -2.03. The number of halogens is 2. The molecule has 2 N–H and O–H groups in total. The minimum atomic E-state index is -0.629. The Morgan fingerprint density at radius 3 is 2.63 bits per heavy atom. The van der Waals surface area contributed by atoms with Crippen molar-refractivity contribution >= 4 is 17.5 Å². The highest BCUT2D eigenvalue weighted by Gasteiger charge is 2.08. The van der Waals surface area contributed by atoms with E-state index in [0.29, 0.717) is 5.69 Å². The smallest absolute Gasteiger partial charge is 0.224 e. The maximum absolute atomic E-state index is 13.5. The Hall–Kier alpha value is -2.44. The molecule has 1 aromatic heterocycles. The first-order valence-corrected chi connectivity index (χ1v) is 5.45. The summed E-state index contributed by atoms with van der Waals surface area (Å²) in [5.74, 6) is -0.836. The van der Waals surface area contributed by atoms with E-state index < -0.39 is 11.6 Å². The monoisotopic (exact) mass is 266 g/mol. The molecular weight excluding hydrogens is 254 g/mol. The molecule has 0 amide bonds. The van der Waals surface area contributed by atoms with Crippen molar-refractivity contribution in [2.24, 2.45) is 0 Å². The maximum atomic E-state index is 13.5. The highest BCUT2D eigenvalue weighted by Crippen LogP contribution is 2.24. The summed E-state index contributed by atoms with van der Waals surface area (Å²) in [4.78, 5) is 7.61. The molecule has 0 unspecified atom stereocenters. The summed E-state index contributed by atoms with van der Waals surface area (Å²) in [7, 11) is 2.98. The fourth-order valence-corrected chi connectivity index (χ4v) is 1.46. The molecule has 0 aliphatic rings. The summed E-state index contributed by atoms with van der Waals surface area (Å²) in [5, 5.41) is 5.36. The summed E-state index contributed by atoms with van der Waals surface area (Å²) < 4.78 is 31.8. The van der Waals surface area contributed by atoms with Crippen molar-refractivity contribution in [3.8, 4) is 5.75 Å². The van der Waals surface area contributed by atoms with Gasteiger partial charge < -0.3 is 15.4 Å².